The highest BCUT2D eigenvalue weighted by Gasteiger charge is 2.54. The minimum absolute atomic E-state index is 0.787. The monoisotopic (exact) mass is 222 g/mol. The van der Waals surface area contributed by atoms with Crippen molar-refractivity contribution in [1.29, 1.82) is 0 Å². The van der Waals surface area contributed by atoms with Crippen molar-refractivity contribution in [2.24, 2.45) is 11.3 Å². The van der Waals surface area contributed by atoms with E-state index in [1.807, 2.05) is 0 Å². The molecule has 0 aromatic rings. The van der Waals surface area contributed by atoms with Crippen LogP contribution in [0.3, 0.4) is 0 Å². The van der Waals surface area contributed by atoms with Crippen LogP contribution in [0.15, 0.2) is 0 Å². The van der Waals surface area contributed by atoms with Crippen LogP contribution >= 0.6 is 0 Å². The summed E-state index contributed by atoms with van der Waals surface area (Å²) in [5.74, 6) is 1.12. The van der Waals surface area contributed by atoms with E-state index >= 15 is 0 Å². The van der Waals surface area contributed by atoms with E-state index in [9.17, 15) is 0 Å². The lowest BCUT2D eigenvalue weighted by molar-refractivity contribution is 0.238. The van der Waals surface area contributed by atoms with E-state index in [2.05, 4.69) is 17.1 Å². The molecule has 0 aromatic carbocycles. The molecule has 1 aliphatic heterocycles. The molecular formula is C14H26N2. The van der Waals surface area contributed by atoms with Gasteiger partial charge < -0.3 is 10.2 Å². The van der Waals surface area contributed by atoms with Crippen molar-refractivity contribution in [3.63, 3.8) is 0 Å². The first-order chi connectivity index (χ1) is 7.82. The zero-order chi connectivity index (χ0) is 11.0. The predicted octanol–water partition coefficient (Wildman–Crippen LogP) is 2.25. The second-order valence-corrected chi connectivity index (χ2v) is 6.31. The second kappa shape index (κ2) is 4.30. The third kappa shape index (κ3) is 2.28. The van der Waals surface area contributed by atoms with Crippen molar-refractivity contribution < 1.29 is 0 Å². The van der Waals surface area contributed by atoms with E-state index in [4.69, 9.17) is 0 Å². The van der Waals surface area contributed by atoms with Crippen LogP contribution < -0.4 is 5.32 Å². The van der Waals surface area contributed by atoms with Crippen LogP contribution in [0.1, 0.15) is 45.4 Å². The van der Waals surface area contributed by atoms with Gasteiger partial charge in [0.05, 0.1) is 0 Å². The van der Waals surface area contributed by atoms with Gasteiger partial charge in [0, 0.05) is 19.1 Å². The van der Waals surface area contributed by atoms with Crippen molar-refractivity contribution in [2.45, 2.75) is 51.5 Å². The first-order valence-corrected chi connectivity index (χ1v) is 7.28. The van der Waals surface area contributed by atoms with Gasteiger partial charge in [0.15, 0.2) is 0 Å². The molecule has 1 N–H and O–H groups in total. The van der Waals surface area contributed by atoms with Gasteiger partial charge in [-0.1, -0.05) is 6.92 Å². The molecule has 0 aromatic heterocycles. The largest absolute Gasteiger partial charge is 0.313 e. The second-order valence-electron chi connectivity index (χ2n) is 6.31. The highest BCUT2D eigenvalue weighted by molar-refractivity contribution is 5.06. The van der Waals surface area contributed by atoms with Crippen molar-refractivity contribution in [3.8, 4) is 0 Å². The highest BCUT2D eigenvalue weighted by atomic mass is 15.2. The Kier molecular flexibility index (Phi) is 2.97. The minimum atomic E-state index is 0.787. The molecule has 2 saturated carbocycles. The SMILES string of the molecule is CCCNC1CCN(CC2(C3CC3)CC2)C1. The fourth-order valence-corrected chi connectivity index (χ4v) is 3.49. The molecule has 1 saturated heterocycles. The highest BCUT2D eigenvalue weighted by Crippen LogP contribution is 2.61. The molecule has 0 radical (unpaired) electrons. The fourth-order valence-electron chi connectivity index (χ4n) is 3.49. The maximum Gasteiger partial charge on any atom is 0.0207 e. The smallest absolute Gasteiger partial charge is 0.0207 e. The van der Waals surface area contributed by atoms with E-state index in [1.165, 1.54) is 64.7 Å². The molecule has 0 spiro atoms. The van der Waals surface area contributed by atoms with Gasteiger partial charge in [-0.3, -0.25) is 0 Å². The summed E-state index contributed by atoms with van der Waals surface area (Å²) < 4.78 is 0. The average Bonchev–Trinajstić information content (AvgIpc) is 3.15. The minimum Gasteiger partial charge on any atom is -0.313 e. The Hall–Kier alpha value is -0.0800. The van der Waals surface area contributed by atoms with E-state index in [1.54, 1.807) is 0 Å². The zero-order valence-corrected chi connectivity index (χ0v) is 10.7. The van der Waals surface area contributed by atoms with Crippen molar-refractivity contribution in [1.82, 2.24) is 10.2 Å². The summed E-state index contributed by atoms with van der Waals surface area (Å²) in [4.78, 5) is 2.73. The van der Waals surface area contributed by atoms with Gasteiger partial charge in [-0.05, 0) is 62.9 Å². The van der Waals surface area contributed by atoms with Gasteiger partial charge >= 0.3 is 0 Å². The van der Waals surface area contributed by atoms with Crippen LogP contribution in [0.25, 0.3) is 0 Å². The lowest BCUT2D eigenvalue weighted by Crippen LogP contribution is -2.35. The van der Waals surface area contributed by atoms with Crippen LogP contribution in [0, 0.1) is 11.3 Å². The molecule has 2 nitrogen and oxygen atoms in total. The van der Waals surface area contributed by atoms with Gasteiger partial charge in [0.2, 0.25) is 0 Å². The van der Waals surface area contributed by atoms with Crippen LogP contribution in [0.2, 0.25) is 0 Å². The van der Waals surface area contributed by atoms with Gasteiger partial charge in [-0.15, -0.1) is 0 Å². The fraction of sp³-hybridized carbons (Fsp3) is 1.00. The topological polar surface area (TPSA) is 15.3 Å². The standard InChI is InChI=1S/C14H26N2/c1-2-8-15-13-5-9-16(10-13)11-14(6-7-14)12-3-4-12/h12-13,15H,2-11H2,1H3. The summed E-state index contributed by atoms with van der Waals surface area (Å²) >= 11 is 0. The van der Waals surface area contributed by atoms with Gasteiger partial charge in [-0.25, -0.2) is 0 Å². The van der Waals surface area contributed by atoms with Crippen molar-refractivity contribution in [2.75, 3.05) is 26.2 Å². The Morgan fingerprint density at radius 3 is 2.69 bits per heavy atom. The Bertz CT molecular complexity index is 243. The Morgan fingerprint density at radius 1 is 1.25 bits per heavy atom. The number of hydrogen-bond acceptors (Lipinski definition) is 2. The average molecular weight is 222 g/mol. The van der Waals surface area contributed by atoms with E-state index in [0.717, 1.165) is 17.4 Å². The summed E-state index contributed by atoms with van der Waals surface area (Å²) in [6, 6.07) is 0.787. The summed E-state index contributed by atoms with van der Waals surface area (Å²) in [7, 11) is 0. The van der Waals surface area contributed by atoms with Crippen LogP contribution in [-0.2, 0) is 0 Å². The molecule has 2 heteroatoms. The Balaban J connectivity index is 1.43. The lowest BCUT2D eigenvalue weighted by atomic mass is 10.0. The molecular weight excluding hydrogens is 196 g/mol. The first kappa shape index (κ1) is 11.0. The number of nitrogens with one attached hydrogen (secondary N) is 1. The molecule has 1 unspecified atom stereocenters. The van der Waals surface area contributed by atoms with Gasteiger partial charge in [0.1, 0.15) is 0 Å². The van der Waals surface area contributed by atoms with E-state index < -0.39 is 0 Å². The summed E-state index contributed by atoms with van der Waals surface area (Å²) in [5.41, 5.74) is 0.805. The molecule has 0 amide bonds. The lowest BCUT2D eigenvalue weighted by Gasteiger charge is -2.23. The van der Waals surface area contributed by atoms with Crippen molar-refractivity contribution >= 4 is 0 Å². The summed E-state index contributed by atoms with van der Waals surface area (Å²) in [5, 5.41) is 3.67. The third-order valence-electron chi connectivity index (χ3n) is 4.83. The summed E-state index contributed by atoms with van der Waals surface area (Å²) in [6.45, 7) is 7.53. The van der Waals surface area contributed by atoms with E-state index in [-0.39, 0.29) is 0 Å². The maximum absolute atomic E-state index is 3.67. The number of rotatable bonds is 6. The Labute approximate surface area is 99.8 Å². The molecule has 2 aliphatic carbocycles. The molecule has 92 valence electrons. The molecule has 3 fully saturated rings. The molecule has 1 heterocycles. The molecule has 3 rings (SSSR count). The molecule has 0 bridgehead atoms. The number of hydrogen-bond donors (Lipinski definition) is 1. The van der Waals surface area contributed by atoms with Gasteiger partial charge in [-0.2, -0.15) is 0 Å². The van der Waals surface area contributed by atoms with Crippen LogP contribution in [-0.4, -0.2) is 37.1 Å². The number of nitrogens with zero attached hydrogens (tertiary/aromatic N) is 1. The number of likely N-dealkylation sites (tertiary alicyclic amines) is 1. The van der Waals surface area contributed by atoms with Crippen LogP contribution in [0.4, 0.5) is 0 Å². The summed E-state index contributed by atoms with van der Waals surface area (Å²) in [6.07, 6.45) is 8.77. The predicted molar refractivity (Wildman–Crippen MR) is 67.5 cm³/mol. The zero-order valence-electron chi connectivity index (χ0n) is 10.7. The quantitative estimate of drug-likeness (QED) is 0.741. The molecule has 16 heavy (non-hydrogen) atoms. The normalized spacial score (nSPS) is 33.2. The molecule has 1 atom stereocenters. The first-order valence-electron chi connectivity index (χ1n) is 7.28. The third-order valence-corrected chi connectivity index (χ3v) is 4.83. The van der Waals surface area contributed by atoms with Crippen LogP contribution in [0.5, 0.6) is 0 Å². The van der Waals surface area contributed by atoms with Gasteiger partial charge in [0.25, 0.3) is 0 Å². The van der Waals surface area contributed by atoms with Crippen molar-refractivity contribution in [3.05, 3.63) is 0 Å². The van der Waals surface area contributed by atoms with E-state index in [0.29, 0.717) is 0 Å². The Morgan fingerprint density at radius 2 is 2.06 bits per heavy atom. The maximum atomic E-state index is 3.67. The molecule has 3 aliphatic rings.